The molecule has 0 aliphatic rings. The molecule has 0 radical (unpaired) electrons. The summed E-state index contributed by atoms with van der Waals surface area (Å²) >= 11 is 3.58. The number of benzene rings is 1. The molecule has 0 amide bonds. The smallest absolute Gasteiger partial charge is 0.0694 e. The fraction of sp³-hybridized carbons (Fsp3) is 0.571. The second-order valence-corrected chi connectivity index (χ2v) is 5.62. The van der Waals surface area contributed by atoms with Crippen LogP contribution < -0.4 is 5.73 Å². The van der Waals surface area contributed by atoms with Crippen LogP contribution in [0, 0.1) is 0 Å². The Hall–Kier alpha value is -0.380. The van der Waals surface area contributed by atoms with E-state index in [2.05, 4.69) is 48.0 Å². The van der Waals surface area contributed by atoms with Crippen LogP contribution in [0.5, 0.6) is 0 Å². The maximum atomic E-state index is 9.79. The van der Waals surface area contributed by atoms with Crippen molar-refractivity contribution in [3.8, 4) is 0 Å². The van der Waals surface area contributed by atoms with E-state index >= 15 is 0 Å². The van der Waals surface area contributed by atoms with Gasteiger partial charge < -0.3 is 10.8 Å². The molecule has 96 valence electrons. The standard InChI is InChI=1S/C14H22BrNO/c1-4-11-5-6-12(8-13(11)15)9(2)7-14(17)10(3)16/h5-6,8-10,14,17H,4,7,16H2,1-3H3. The lowest BCUT2D eigenvalue weighted by Crippen LogP contribution is -2.32. The lowest BCUT2D eigenvalue weighted by Gasteiger charge is -2.20. The van der Waals surface area contributed by atoms with Crippen LogP contribution in [0.15, 0.2) is 22.7 Å². The Kier molecular flexibility index (Phi) is 5.63. The van der Waals surface area contributed by atoms with Crippen molar-refractivity contribution in [3.63, 3.8) is 0 Å². The predicted molar refractivity (Wildman–Crippen MR) is 76.2 cm³/mol. The van der Waals surface area contributed by atoms with Crippen LogP contribution >= 0.6 is 15.9 Å². The minimum absolute atomic E-state index is 0.171. The fourth-order valence-corrected chi connectivity index (χ4v) is 2.55. The molecule has 0 aliphatic heterocycles. The van der Waals surface area contributed by atoms with Crippen LogP contribution in [0.2, 0.25) is 0 Å². The predicted octanol–water partition coefficient (Wildman–Crippen LogP) is 3.21. The van der Waals surface area contributed by atoms with Gasteiger partial charge in [-0.05, 0) is 42.9 Å². The lowest BCUT2D eigenvalue weighted by molar-refractivity contribution is 0.134. The zero-order valence-corrected chi connectivity index (χ0v) is 12.4. The number of hydrogen-bond donors (Lipinski definition) is 2. The zero-order valence-electron chi connectivity index (χ0n) is 10.8. The third-order valence-corrected chi connectivity index (χ3v) is 3.97. The summed E-state index contributed by atoms with van der Waals surface area (Å²) in [4.78, 5) is 0. The summed E-state index contributed by atoms with van der Waals surface area (Å²) in [5, 5.41) is 9.79. The van der Waals surface area contributed by atoms with E-state index in [1.54, 1.807) is 0 Å². The quantitative estimate of drug-likeness (QED) is 0.877. The summed E-state index contributed by atoms with van der Waals surface area (Å²) in [6.45, 7) is 6.11. The molecule has 1 rings (SSSR count). The van der Waals surface area contributed by atoms with E-state index in [-0.39, 0.29) is 6.04 Å². The van der Waals surface area contributed by atoms with E-state index in [9.17, 15) is 5.11 Å². The summed E-state index contributed by atoms with van der Waals surface area (Å²) in [5.41, 5.74) is 8.24. The van der Waals surface area contributed by atoms with E-state index in [0.717, 1.165) is 10.9 Å². The third kappa shape index (κ3) is 4.09. The molecular weight excluding hydrogens is 278 g/mol. The van der Waals surface area contributed by atoms with Gasteiger partial charge in [-0.3, -0.25) is 0 Å². The first kappa shape index (κ1) is 14.7. The largest absolute Gasteiger partial charge is 0.392 e. The maximum absolute atomic E-state index is 9.79. The average Bonchev–Trinajstić information content (AvgIpc) is 2.28. The van der Waals surface area contributed by atoms with E-state index in [1.165, 1.54) is 11.1 Å². The van der Waals surface area contributed by atoms with Gasteiger partial charge in [0.15, 0.2) is 0 Å². The molecule has 0 spiro atoms. The summed E-state index contributed by atoms with van der Waals surface area (Å²) in [6.07, 6.45) is 1.29. The second kappa shape index (κ2) is 6.53. The van der Waals surface area contributed by atoms with Crippen molar-refractivity contribution in [3.05, 3.63) is 33.8 Å². The summed E-state index contributed by atoms with van der Waals surface area (Å²) < 4.78 is 1.15. The van der Waals surface area contributed by atoms with Crippen LogP contribution in [0.25, 0.3) is 0 Å². The van der Waals surface area contributed by atoms with Crippen LogP contribution in [0.3, 0.4) is 0 Å². The number of halogens is 1. The summed E-state index contributed by atoms with van der Waals surface area (Å²) in [7, 11) is 0. The molecule has 0 fully saturated rings. The molecule has 3 heteroatoms. The summed E-state index contributed by atoms with van der Waals surface area (Å²) in [5.74, 6) is 0.318. The monoisotopic (exact) mass is 299 g/mol. The minimum atomic E-state index is -0.436. The molecule has 0 bridgehead atoms. The molecular formula is C14H22BrNO. The third-order valence-electron chi connectivity index (χ3n) is 3.23. The van der Waals surface area contributed by atoms with Crippen LogP contribution in [0.4, 0.5) is 0 Å². The van der Waals surface area contributed by atoms with E-state index < -0.39 is 6.10 Å². The molecule has 0 aliphatic carbocycles. The molecule has 0 saturated heterocycles. The first-order chi connectivity index (χ1) is 7.95. The Morgan fingerprint density at radius 1 is 1.35 bits per heavy atom. The van der Waals surface area contributed by atoms with Crippen LogP contribution in [-0.2, 0) is 6.42 Å². The van der Waals surface area contributed by atoms with E-state index in [4.69, 9.17) is 5.73 Å². The molecule has 3 unspecified atom stereocenters. The van der Waals surface area contributed by atoms with Crippen molar-refractivity contribution < 1.29 is 5.11 Å². The SMILES string of the molecule is CCc1ccc(C(C)CC(O)C(C)N)cc1Br. The topological polar surface area (TPSA) is 46.2 Å². The minimum Gasteiger partial charge on any atom is -0.392 e. The molecule has 1 aromatic carbocycles. The molecule has 2 nitrogen and oxygen atoms in total. The van der Waals surface area contributed by atoms with Gasteiger partial charge in [-0.1, -0.05) is 41.9 Å². The second-order valence-electron chi connectivity index (χ2n) is 4.77. The Labute approximate surface area is 112 Å². The fourth-order valence-electron chi connectivity index (χ4n) is 1.87. The number of aliphatic hydroxyl groups excluding tert-OH is 1. The first-order valence-electron chi connectivity index (χ1n) is 6.17. The Balaban J connectivity index is 2.76. The van der Waals surface area contributed by atoms with Gasteiger partial charge in [-0.15, -0.1) is 0 Å². The maximum Gasteiger partial charge on any atom is 0.0694 e. The molecule has 3 atom stereocenters. The summed E-state index contributed by atoms with van der Waals surface area (Å²) in [6, 6.07) is 6.27. The van der Waals surface area contributed by atoms with E-state index in [1.807, 2.05) is 6.92 Å². The van der Waals surface area contributed by atoms with Crippen molar-refractivity contribution in [2.24, 2.45) is 5.73 Å². The van der Waals surface area contributed by atoms with Gasteiger partial charge in [0, 0.05) is 10.5 Å². The number of nitrogens with two attached hydrogens (primary N) is 1. The zero-order chi connectivity index (χ0) is 13.0. The molecule has 3 N–H and O–H groups in total. The average molecular weight is 300 g/mol. The van der Waals surface area contributed by atoms with Gasteiger partial charge in [0.1, 0.15) is 0 Å². The van der Waals surface area contributed by atoms with Crippen molar-refractivity contribution in [1.82, 2.24) is 0 Å². The van der Waals surface area contributed by atoms with Crippen molar-refractivity contribution in [1.29, 1.82) is 0 Å². The first-order valence-corrected chi connectivity index (χ1v) is 6.97. The Morgan fingerprint density at radius 3 is 2.47 bits per heavy atom. The highest BCUT2D eigenvalue weighted by atomic mass is 79.9. The molecule has 1 aromatic rings. The molecule has 17 heavy (non-hydrogen) atoms. The number of aryl methyl sites for hydroxylation is 1. The Morgan fingerprint density at radius 2 is 2.00 bits per heavy atom. The number of aliphatic hydroxyl groups is 1. The Bertz CT molecular complexity index is 365. The number of hydrogen-bond acceptors (Lipinski definition) is 2. The molecule has 0 heterocycles. The van der Waals surface area contributed by atoms with Gasteiger partial charge in [0.2, 0.25) is 0 Å². The van der Waals surface area contributed by atoms with Crippen LogP contribution in [-0.4, -0.2) is 17.3 Å². The highest BCUT2D eigenvalue weighted by molar-refractivity contribution is 9.10. The van der Waals surface area contributed by atoms with Gasteiger partial charge in [0.05, 0.1) is 6.10 Å². The normalized spacial score (nSPS) is 16.6. The lowest BCUT2D eigenvalue weighted by atomic mass is 9.92. The number of rotatable bonds is 5. The van der Waals surface area contributed by atoms with Crippen molar-refractivity contribution in [2.45, 2.75) is 51.7 Å². The van der Waals surface area contributed by atoms with Gasteiger partial charge in [0.25, 0.3) is 0 Å². The van der Waals surface area contributed by atoms with Gasteiger partial charge in [-0.2, -0.15) is 0 Å². The van der Waals surface area contributed by atoms with Gasteiger partial charge >= 0.3 is 0 Å². The molecule has 0 aromatic heterocycles. The van der Waals surface area contributed by atoms with Crippen molar-refractivity contribution >= 4 is 15.9 Å². The van der Waals surface area contributed by atoms with Gasteiger partial charge in [-0.25, -0.2) is 0 Å². The van der Waals surface area contributed by atoms with Crippen LogP contribution in [0.1, 0.15) is 44.2 Å². The molecule has 0 saturated carbocycles. The highest BCUT2D eigenvalue weighted by Gasteiger charge is 2.16. The van der Waals surface area contributed by atoms with Crippen molar-refractivity contribution in [2.75, 3.05) is 0 Å². The van der Waals surface area contributed by atoms with E-state index in [0.29, 0.717) is 12.3 Å². The highest BCUT2D eigenvalue weighted by Crippen LogP contribution is 2.26.